The fraction of sp³-hybridized carbons (Fsp3) is 0.600. The maximum atomic E-state index is 13.5. The second-order valence-corrected chi connectivity index (χ2v) is 9.34. The van der Waals surface area contributed by atoms with E-state index in [4.69, 9.17) is 9.47 Å². The van der Waals surface area contributed by atoms with Crippen LogP contribution >= 0.6 is 0 Å². The number of amides is 2. The zero-order valence-corrected chi connectivity index (χ0v) is 19.5. The molecular weight excluding hydrogens is 420 g/mol. The third kappa shape index (κ3) is 4.22. The largest absolute Gasteiger partial charge is 0.381 e. The third-order valence-electron chi connectivity index (χ3n) is 7.08. The molecule has 1 unspecified atom stereocenters. The number of hydrogen-bond acceptors (Lipinski definition) is 5. The molecule has 8 heteroatoms. The first-order chi connectivity index (χ1) is 16.1. The van der Waals surface area contributed by atoms with Crippen molar-refractivity contribution in [1.29, 1.82) is 0 Å². The summed E-state index contributed by atoms with van der Waals surface area (Å²) in [6.45, 7) is 7.64. The van der Waals surface area contributed by atoms with Gasteiger partial charge in [0.25, 0.3) is 5.91 Å². The molecule has 2 amide bonds. The van der Waals surface area contributed by atoms with Crippen molar-refractivity contribution in [3.05, 3.63) is 35.2 Å². The van der Waals surface area contributed by atoms with Crippen LogP contribution in [0, 0.1) is 5.92 Å². The standard InChI is InChI=1S/C25H32N4O4/c1-3-10-33-18-4-8-28(9-5-18)25(31)19-14-20-22(13-16(19)2)27-24(30)21-15-26-29(23(20)21)17-6-11-32-12-7-17/h13-15,17-19H,3-12H2,1-2H3. The molecule has 1 aliphatic carbocycles. The topological polar surface area (TPSA) is 86.0 Å². The zero-order valence-electron chi connectivity index (χ0n) is 19.5. The third-order valence-corrected chi connectivity index (χ3v) is 7.08. The Morgan fingerprint density at radius 1 is 1.21 bits per heavy atom. The van der Waals surface area contributed by atoms with E-state index in [9.17, 15) is 9.59 Å². The van der Waals surface area contributed by atoms with Gasteiger partial charge in [-0.15, -0.1) is 0 Å². The summed E-state index contributed by atoms with van der Waals surface area (Å²) in [6.07, 6.45) is 10.2. The van der Waals surface area contributed by atoms with Gasteiger partial charge in [-0.2, -0.15) is 5.10 Å². The van der Waals surface area contributed by atoms with Crippen LogP contribution < -0.4 is 0 Å². The SMILES string of the molecule is CCCOC1CCN(C(=O)C2C=C3C(=NC(=O)c4cnn(C5CCOCC5)c43)C=C2C)CC1. The minimum absolute atomic E-state index is 0.111. The van der Waals surface area contributed by atoms with Gasteiger partial charge in [-0.05, 0) is 45.1 Å². The van der Waals surface area contributed by atoms with E-state index >= 15 is 0 Å². The highest BCUT2D eigenvalue weighted by Gasteiger charge is 2.36. The average molecular weight is 453 g/mol. The van der Waals surface area contributed by atoms with Crippen molar-refractivity contribution < 1.29 is 19.1 Å². The van der Waals surface area contributed by atoms with E-state index in [2.05, 4.69) is 17.0 Å². The molecule has 1 atom stereocenters. The number of allylic oxidation sites excluding steroid dienone is 2. The van der Waals surface area contributed by atoms with Crippen molar-refractivity contribution in [2.45, 2.75) is 58.1 Å². The number of aromatic nitrogens is 2. The minimum Gasteiger partial charge on any atom is -0.381 e. The lowest BCUT2D eigenvalue weighted by Gasteiger charge is -2.35. The molecule has 2 fully saturated rings. The van der Waals surface area contributed by atoms with Gasteiger partial charge in [0.15, 0.2) is 0 Å². The number of aliphatic imine (C=N–C) groups is 1. The Balaban J connectivity index is 1.40. The van der Waals surface area contributed by atoms with Crippen LogP contribution in [0.1, 0.15) is 68.0 Å². The molecule has 0 saturated carbocycles. The quantitative estimate of drug-likeness (QED) is 0.685. The lowest BCUT2D eigenvalue weighted by Crippen LogP contribution is -2.44. The summed E-state index contributed by atoms with van der Waals surface area (Å²) in [5.41, 5.74) is 3.71. The molecule has 176 valence electrons. The van der Waals surface area contributed by atoms with E-state index in [1.165, 1.54) is 0 Å². The van der Waals surface area contributed by atoms with Gasteiger partial charge in [-0.1, -0.05) is 18.6 Å². The van der Waals surface area contributed by atoms with E-state index < -0.39 is 0 Å². The van der Waals surface area contributed by atoms with Gasteiger partial charge in [-0.25, -0.2) is 4.99 Å². The summed E-state index contributed by atoms with van der Waals surface area (Å²) in [5, 5.41) is 4.57. The van der Waals surface area contributed by atoms with Gasteiger partial charge in [0.2, 0.25) is 5.91 Å². The zero-order chi connectivity index (χ0) is 22.9. The predicted octanol–water partition coefficient (Wildman–Crippen LogP) is 3.21. The summed E-state index contributed by atoms with van der Waals surface area (Å²) in [4.78, 5) is 32.5. The van der Waals surface area contributed by atoms with Crippen LogP contribution in [0.15, 0.2) is 28.9 Å². The Morgan fingerprint density at radius 2 is 1.97 bits per heavy atom. The van der Waals surface area contributed by atoms with E-state index in [1.807, 2.05) is 28.7 Å². The number of rotatable bonds is 5. The molecule has 5 rings (SSSR count). The van der Waals surface area contributed by atoms with Crippen LogP contribution in [0.2, 0.25) is 0 Å². The Bertz CT molecular complexity index is 1020. The van der Waals surface area contributed by atoms with Crippen LogP contribution in [-0.2, 0) is 14.3 Å². The minimum atomic E-state index is -0.355. The maximum absolute atomic E-state index is 13.5. The highest BCUT2D eigenvalue weighted by molar-refractivity contribution is 6.36. The van der Waals surface area contributed by atoms with Crippen molar-refractivity contribution >= 4 is 23.1 Å². The number of carbonyl (C=O) groups is 2. The molecule has 4 aliphatic rings. The number of likely N-dealkylation sites (tertiary alicyclic amines) is 1. The van der Waals surface area contributed by atoms with E-state index in [-0.39, 0.29) is 29.9 Å². The lowest BCUT2D eigenvalue weighted by molar-refractivity contribution is -0.135. The molecule has 0 radical (unpaired) electrons. The summed E-state index contributed by atoms with van der Waals surface area (Å²) in [6, 6.07) is 0.179. The molecule has 33 heavy (non-hydrogen) atoms. The molecule has 8 nitrogen and oxygen atoms in total. The predicted molar refractivity (Wildman–Crippen MR) is 124 cm³/mol. The summed E-state index contributed by atoms with van der Waals surface area (Å²) in [7, 11) is 0. The Labute approximate surface area is 194 Å². The van der Waals surface area contributed by atoms with Crippen molar-refractivity contribution in [1.82, 2.24) is 14.7 Å². The molecule has 1 aromatic rings. The van der Waals surface area contributed by atoms with E-state index in [1.54, 1.807) is 6.20 Å². The fourth-order valence-electron chi connectivity index (χ4n) is 5.21. The fourth-order valence-corrected chi connectivity index (χ4v) is 5.21. The van der Waals surface area contributed by atoms with E-state index in [0.717, 1.165) is 55.6 Å². The highest BCUT2D eigenvalue weighted by Crippen LogP contribution is 2.37. The van der Waals surface area contributed by atoms with Crippen LogP contribution in [0.4, 0.5) is 0 Å². The highest BCUT2D eigenvalue weighted by atomic mass is 16.5. The molecule has 0 aromatic carbocycles. The van der Waals surface area contributed by atoms with Gasteiger partial charge >= 0.3 is 0 Å². The monoisotopic (exact) mass is 452 g/mol. The summed E-state index contributed by atoms with van der Waals surface area (Å²) in [5.74, 6) is -0.510. The first kappa shape index (κ1) is 22.2. The molecule has 0 N–H and O–H groups in total. The Kier molecular flexibility index (Phi) is 6.29. The van der Waals surface area contributed by atoms with Crippen LogP contribution in [0.5, 0.6) is 0 Å². The van der Waals surface area contributed by atoms with Gasteiger partial charge in [0.05, 0.1) is 41.2 Å². The number of carbonyl (C=O) groups excluding carboxylic acids is 2. The normalized spacial score (nSPS) is 24.1. The van der Waals surface area contributed by atoms with Crippen LogP contribution in [0.3, 0.4) is 0 Å². The smallest absolute Gasteiger partial charge is 0.281 e. The first-order valence-electron chi connectivity index (χ1n) is 12.2. The Hall–Kier alpha value is -2.58. The number of piperidine rings is 1. The summed E-state index contributed by atoms with van der Waals surface area (Å²) < 4.78 is 13.4. The van der Waals surface area contributed by atoms with Crippen LogP contribution in [-0.4, -0.2) is 71.2 Å². The molecule has 1 aromatic heterocycles. The second kappa shape index (κ2) is 9.35. The lowest BCUT2D eigenvalue weighted by atomic mass is 9.84. The molecule has 2 saturated heterocycles. The first-order valence-corrected chi connectivity index (χ1v) is 12.2. The number of fused-ring (bicyclic) bond motifs is 3. The molecule has 0 spiro atoms. The van der Waals surface area contributed by atoms with Gasteiger partial charge in [-0.3, -0.25) is 14.3 Å². The molecule has 3 aliphatic heterocycles. The van der Waals surface area contributed by atoms with Crippen molar-refractivity contribution in [2.24, 2.45) is 10.9 Å². The second-order valence-electron chi connectivity index (χ2n) is 9.34. The molecular formula is C25H32N4O4. The van der Waals surface area contributed by atoms with Crippen molar-refractivity contribution in [3.8, 4) is 0 Å². The summed E-state index contributed by atoms with van der Waals surface area (Å²) >= 11 is 0. The maximum Gasteiger partial charge on any atom is 0.281 e. The van der Waals surface area contributed by atoms with Gasteiger partial charge in [0.1, 0.15) is 0 Å². The van der Waals surface area contributed by atoms with Crippen LogP contribution in [0.25, 0.3) is 5.57 Å². The van der Waals surface area contributed by atoms with Gasteiger partial charge in [0, 0.05) is 38.5 Å². The number of ether oxygens (including phenoxy) is 2. The van der Waals surface area contributed by atoms with Gasteiger partial charge < -0.3 is 14.4 Å². The molecule has 0 bridgehead atoms. The van der Waals surface area contributed by atoms with Crippen molar-refractivity contribution in [2.75, 3.05) is 32.9 Å². The average Bonchev–Trinajstić information content (AvgIpc) is 3.29. The van der Waals surface area contributed by atoms with E-state index in [0.29, 0.717) is 37.6 Å². The number of nitrogens with zero attached hydrogens (tertiary/aromatic N) is 4. The van der Waals surface area contributed by atoms with Crippen molar-refractivity contribution in [3.63, 3.8) is 0 Å². The molecule has 4 heterocycles. The Morgan fingerprint density at radius 3 is 2.70 bits per heavy atom. The number of hydrogen-bond donors (Lipinski definition) is 0.